The van der Waals surface area contributed by atoms with Gasteiger partial charge in [0.15, 0.2) is 0 Å². The van der Waals surface area contributed by atoms with Gasteiger partial charge in [0.1, 0.15) is 0 Å². The van der Waals surface area contributed by atoms with Gasteiger partial charge >= 0.3 is 5.97 Å². The van der Waals surface area contributed by atoms with Crippen molar-refractivity contribution in [2.24, 2.45) is 11.3 Å². The molecule has 2 fully saturated rings. The third kappa shape index (κ3) is 3.19. The molecule has 136 valence electrons. The minimum Gasteiger partial charge on any atom is -0.481 e. The van der Waals surface area contributed by atoms with Crippen molar-refractivity contribution < 1.29 is 14.7 Å². The number of carboxylic acid groups (broad SMARTS) is 1. The first-order valence-electron chi connectivity index (χ1n) is 9.48. The Morgan fingerprint density at radius 2 is 1.68 bits per heavy atom. The second-order valence-corrected chi connectivity index (χ2v) is 8.28. The molecule has 0 atom stereocenters. The summed E-state index contributed by atoms with van der Waals surface area (Å²) in [5, 5.41) is 9.90. The Labute approximate surface area is 150 Å². The summed E-state index contributed by atoms with van der Waals surface area (Å²) >= 11 is 0. The Hall–Kier alpha value is -1.84. The van der Waals surface area contributed by atoms with Crippen LogP contribution in [0.1, 0.15) is 57.9 Å². The van der Waals surface area contributed by atoms with Crippen molar-refractivity contribution in [2.45, 2.75) is 57.8 Å². The van der Waals surface area contributed by atoms with Gasteiger partial charge < -0.3 is 10.0 Å². The lowest BCUT2D eigenvalue weighted by atomic mass is 9.63. The molecule has 1 aliphatic carbocycles. The quantitative estimate of drug-likeness (QED) is 0.883. The summed E-state index contributed by atoms with van der Waals surface area (Å²) in [7, 11) is 0. The van der Waals surface area contributed by atoms with Crippen LogP contribution in [0.5, 0.6) is 0 Å². The van der Waals surface area contributed by atoms with Gasteiger partial charge in [-0.1, -0.05) is 50.6 Å². The van der Waals surface area contributed by atoms with E-state index in [-0.39, 0.29) is 11.3 Å². The van der Waals surface area contributed by atoms with Crippen LogP contribution in [0.2, 0.25) is 0 Å². The van der Waals surface area contributed by atoms with E-state index < -0.39 is 11.4 Å². The molecule has 1 saturated heterocycles. The molecule has 25 heavy (non-hydrogen) atoms. The van der Waals surface area contributed by atoms with E-state index in [9.17, 15) is 14.7 Å². The van der Waals surface area contributed by atoms with Gasteiger partial charge in [-0.3, -0.25) is 9.59 Å². The number of carbonyl (C=O) groups is 2. The second kappa shape index (κ2) is 6.81. The zero-order valence-electron chi connectivity index (χ0n) is 15.3. The highest BCUT2D eigenvalue weighted by molar-refractivity contribution is 5.85. The maximum atomic E-state index is 13.1. The number of hydrogen-bond donors (Lipinski definition) is 1. The molecule has 4 nitrogen and oxygen atoms in total. The normalized spacial score (nSPS) is 21.6. The fourth-order valence-corrected chi connectivity index (χ4v) is 4.70. The molecule has 1 saturated carbocycles. The number of aliphatic carboxylic acids is 1. The summed E-state index contributed by atoms with van der Waals surface area (Å²) in [6.07, 6.45) is 5.05. The third-order valence-corrected chi connectivity index (χ3v) is 6.20. The van der Waals surface area contributed by atoms with E-state index in [1.807, 2.05) is 35.2 Å². The third-order valence-electron chi connectivity index (χ3n) is 6.20. The highest BCUT2D eigenvalue weighted by Gasteiger charge is 2.49. The van der Waals surface area contributed by atoms with Gasteiger partial charge in [-0.2, -0.15) is 0 Å². The highest BCUT2D eigenvalue weighted by Crippen LogP contribution is 2.48. The minimum absolute atomic E-state index is 0.176. The van der Waals surface area contributed by atoms with E-state index in [2.05, 4.69) is 13.8 Å². The molecular formula is C21H29NO3. The lowest BCUT2D eigenvalue weighted by Crippen LogP contribution is -2.54. The van der Waals surface area contributed by atoms with Crippen molar-refractivity contribution in [1.82, 2.24) is 4.90 Å². The molecule has 1 amide bonds. The fourth-order valence-electron chi connectivity index (χ4n) is 4.70. The summed E-state index contributed by atoms with van der Waals surface area (Å²) in [5.74, 6) is 0.00214. The molecule has 0 aromatic heterocycles. The Kier molecular flexibility index (Phi) is 4.90. The zero-order valence-corrected chi connectivity index (χ0v) is 15.3. The summed E-state index contributed by atoms with van der Waals surface area (Å²) in [4.78, 5) is 27.1. The Morgan fingerprint density at radius 3 is 2.12 bits per heavy atom. The molecule has 1 heterocycles. The van der Waals surface area contributed by atoms with Crippen LogP contribution < -0.4 is 0 Å². The van der Waals surface area contributed by atoms with Crippen molar-refractivity contribution in [3.8, 4) is 0 Å². The molecule has 1 aromatic carbocycles. The largest absolute Gasteiger partial charge is 0.481 e. The molecule has 4 heteroatoms. The zero-order chi connectivity index (χ0) is 18.1. The first kappa shape index (κ1) is 18.0. The van der Waals surface area contributed by atoms with E-state index in [1.165, 1.54) is 0 Å². The van der Waals surface area contributed by atoms with Crippen LogP contribution in [0.3, 0.4) is 0 Å². The van der Waals surface area contributed by atoms with Crippen LogP contribution in [0, 0.1) is 11.3 Å². The molecule has 1 N–H and O–H groups in total. The Bertz CT molecular complexity index is 626. The number of hydrogen-bond acceptors (Lipinski definition) is 2. The van der Waals surface area contributed by atoms with Crippen LogP contribution in [-0.2, 0) is 15.0 Å². The number of piperidine rings is 1. The molecule has 1 aliphatic heterocycles. The first-order valence-corrected chi connectivity index (χ1v) is 9.48. The summed E-state index contributed by atoms with van der Waals surface area (Å²) in [6, 6.07) is 9.49. The topological polar surface area (TPSA) is 57.6 Å². The smallest absolute Gasteiger partial charge is 0.314 e. The number of carbonyl (C=O) groups excluding carboxylic acids is 1. The second-order valence-electron chi connectivity index (χ2n) is 8.28. The van der Waals surface area contributed by atoms with E-state index >= 15 is 0 Å². The van der Waals surface area contributed by atoms with Crippen LogP contribution >= 0.6 is 0 Å². The Morgan fingerprint density at radius 1 is 1.08 bits per heavy atom. The van der Waals surface area contributed by atoms with Crippen LogP contribution in [0.25, 0.3) is 0 Å². The first-order chi connectivity index (χ1) is 11.9. The van der Waals surface area contributed by atoms with Crippen molar-refractivity contribution in [3.05, 3.63) is 35.9 Å². The van der Waals surface area contributed by atoms with Crippen molar-refractivity contribution in [2.75, 3.05) is 13.1 Å². The van der Waals surface area contributed by atoms with E-state index in [0.29, 0.717) is 31.8 Å². The number of likely N-dealkylation sites (tertiary alicyclic amines) is 1. The maximum Gasteiger partial charge on any atom is 0.314 e. The lowest BCUT2D eigenvalue weighted by molar-refractivity contribution is -0.155. The van der Waals surface area contributed by atoms with Gasteiger partial charge in [-0.15, -0.1) is 0 Å². The lowest BCUT2D eigenvalue weighted by Gasteiger charge is -2.47. The van der Waals surface area contributed by atoms with Crippen LogP contribution in [0.15, 0.2) is 30.3 Å². The van der Waals surface area contributed by atoms with Crippen molar-refractivity contribution >= 4 is 11.9 Å². The number of amides is 1. The van der Waals surface area contributed by atoms with Gasteiger partial charge in [-0.25, -0.2) is 0 Å². The Balaban J connectivity index is 1.74. The standard InChI is InChI=1S/C21H29NO3/c1-16(2)15-20(9-6-10-20)18(23)22-13-11-21(12-14-22,19(24)25)17-7-4-3-5-8-17/h3-5,7-8,16H,6,9-15H2,1-2H3,(H,24,25). The van der Waals surface area contributed by atoms with Gasteiger partial charge in [-0.05, 0) is 43.6 Å². The maximum absolute atomic E-state index is 13.1. The van der Waals surface area contributed by atoms with Crippen LogP contribution in [0.4, 0.5) is 0 Å². The van der Waals surface area contributed by atoms with E-state index in [1.54, 1.807) is 0 Å². The number of carboxylic acids is 1. The van der Waals surface area contributed by atoms with E-state index in [4.69, 9.17) is 0 Å². The number of rotatable bonds is 5. The molecule has 0 spiro atoms. The fraction of sp³-hybridized carbons (Fsp3) is 0.619. The van der Waals surface area contributed by atoms with Crippen molar-refractivity contribution in [1.29, 1.82) is 0 Å². The summed E-state index contributed by atoms with van der Waals surface area (Å²) in [6.45, 7) is 5.43. The van der Waals surface area contributed by atoms with Gasteiger partial charge in [0.25, 0.3) is 0 Å². The predicted octanol–water partition coefficient (Wildman–Crippen LogP) is 3.85. The number of nitrogens with zero attached hydrogens (tertiary/aromatic N) is 1. The van der Waals surface area contributed by atoms with Crippen molar-refractivity contribution in [3.63, 3.8) is 0 Å². The SMILES string of the molecule is CC(C)CC1(C(=O)N2CCC(C(=O)O)(c3ccccc3)CC2)CCC1. The van der Waals surface area contributed by atoms with Crippen LogP contribution in [-0.4, -0.2) is 35.0 Å². The average molecular weight is 343 g/mol. The van der Waals surface area contributed by atoms with Gasteiger partial charge in [0.05, 0.1) is 5.41 Å². The minimum atomic E-state index is -0.858. The predicted molar refractivity (Wildman–Crippen MR) is 97.3 cm³/mol. The highest BCUT2D eigenvalue weighted by atomic mass is 16.4. The number of benzene rings is 1. The molecule has 2 aliphatic rings. The van der Waals surface area contributed by atoms with Gasteiger partial charge in [0.2, 0.25) is 5.91 Å². The monoisotopic (exact) mass is 343 g/mol. The molecule has 0 unspecified atom stereocenters. The van der Waals surface area contributed by atoms with E-state index in [0.717, 1.165) is 31.2 Å². The molecular weight excluding hydrogens is 314 g/mol. The average Bonchev–Trinajstić information content (AvgIpc) is 2.58. The van der Waals surface area contributed by atoms with Gasteiger partial charge in [0, 0.05) is 18.5 Å². The molecule has 1 aromatic rings. The summed E-state index contributed by atoms with van der Waals surface area (Å²) in [5.41, 5.74) is -0.178. The molecule has 0 radical (unpaired) electrons. The molecule has 3 rings (SSSR count). The molecule has 0 bridgehead atoms. The summed E-state index contributed by atoms with van der Waals surface area (Å²) < 4.78 is 0.